The van der Waals surface area contributed by atoms with E-state index in [0.29, 0.717) is 42.9 Å². The van der Waals surface area contributed by atoms with Gasteiger partial charge >= 0.3 is 0 Å². The second kappa shape index (κ2) is 12.1. The number of thiol groups is 1. The Morgan fingerprint density at radius 2 is 1.75 bits per heavy atom. The molecule has 0 aliphatic rings. The van der Waals surface area contributed by atoms with Crippen LogP contribution in [0.5, 0.6) is 0 Å². The summed E-state index contributed by atoms with van der Waals surface area (Å²) in [4.78, 5) is 25.3. The third-order valence-electron chi connectivity index (χ3n) is 6.85. The quantitative estimate of drug-likeness (QED) is 0.116. The number of benzene rings is 3. The fourth-order valence-electron chi connectivity index (χ4n) is 4.75. The number of nitrogens with one attached hydrogen (secondary N) is 1. The van der Waals surface area contributed by atoms with Crippen LogP contribution in [-0.2, 0) is 19.4 Å². The van der Waals surface area contributed by atoms with Crippen molar-refractivity contribution < 1.29 is 4.79 Å². The van der Waals surface area contributed by atoms with E-state index in [1.807, 2.05) is 66.7 Å². The van der Waals surface area contributed by atoms with Gasteiger partial charge in [-0.25, -0.2) is 4.98 Å². The Morgan fingerprint density at radius 3 is 2.45 bits per heavy atom. The first-order valence-corrected chi connectivity index (χ1v) is 13.5. The van der Waals surface area contributed by atoms with E-state index in [4.69, 9.17) is 21.9 Å². The molecular weight excluding hydrogens is 518 g/mol. The number of imidazole rings is 1. The number of aromatic nitrogens is 3. The molecular formula is C31H31N7OS. The number of carbonyl (C=O) groups excluding carboxylic acids is 1. The molecule has 0 aliphatic heterocycles. The number of amidine groups is 1. The van der Waals surface area contributed by atoms with Crippen LogP contribution < -0.4 is 16.4 Å². The normalized spacial score (nSPS) is 11.1. The average molecular weight is 550 g/mol. The maximum Gasteiger partial charge on any atom is 0.258 e. The predicted octanol–water partition coefficient (Wildman–Crippen LogP) is 4.44. The number of rotatable bonds is 10. The van der Waals surface area contributed by atoms with Crippen molar-refractivity contribution in [2.24, 2.45) is 11.5 Å². The van der Waals surface area contributed by atoms with Crippen LogP contribution in [-0.4, -0.2) is 39.4 Å². The minimum absolute atomic E-state index is 0.0534. The Hall–Kier alpha value is -4.47. The maximum atomic E-state index is 13.6. The van der Waals surface area contributed by atoms with E-state index >= 15 is 0 Å². The molecule has 0 radical (unpaired) electrons. The molecule has 0 spiro atoms. The molecule has 1 amide bonds. The first kappa shape index (κ1) is 27.1. The molecule has 8 nitrogen and oxygen atoms in total. The van der Waals surface area contributed by atoms with Crippen LogP contribution in [0, 0.1) is 5.41 Å². The summed E-state index contributed by atoms with van der Waals surface area (Å²) in [6, 6.07) is 25.1. The molecule has 2 aromatic heterocycles. The molecule has 0 unspecified atom stereocenters. The van der Waals surface area contributed by atoms with Gasteiger partial charge in [0.15, 0.2) is 0 Å². The lowest BCUT2D eigenvalue weighted by Crippen LogP contribution is -2.35. The van der Waals surface area contributed by atoms with Crippen molar-refractivity contribution in [3.63, 3.8) is 0 Å². The fourth-order valence-corrected chi connectivity index (χ4v) is 4.98. The van der Waals surface area contributed by atoms with Gasteiger partial charge in [0.25, 0.3) is 5.91 Å². The van der Waals surface area contributed by atoms with E-state index in [1.165, 1.54) is 0 Å². The smallest absolute Gasteiger partial charge is 0.258 e. The first-order valence-electron chi connectivity index (χ1n) is 13.1. The lowest BCUT2D eigenvalue weighted by molar-refractivity contribution is 0.0987. The molecule has 2 heterocycles. The number of amides is 1. The van der Waals surface area contributed by atoms with Crippen molar-refractivity contribution in [3.8, 4) is 0 Å². The molecule has 0 fully saturated rings. The highest BCUT2D eigenvalue weighted by atomic mass is 32.1. The molecule has 5 rings (SSSR count). The van der Waals surface area contributed by atoms with Gasteiger partial charge < -0.3 is 20.9 Å². The average Bonchev–Trinajstić information content (AvgIpc) is 3.32. The van der Waals surface area contributed by atoms with Crippen LogP contribution in [0.25, 0.3) is 11.0 Å². The van der Waals surface area contributed by atoms with Crippen molar-refractivity contribution in [1.82, 2.24) is 14.5 Å². The van der Waals surface area contributed by atoms with Crippen molar-refractivity contribution in [3.05, 3.63) is 119 Å². The molecule has 0 bridgehead atoms. The number of pyridine rings is 1. The Morgan fingerprint density at radius 1 is 0.975 bits per heavy atom. The summed E-state index contributed by atoms with van der Waals surface area (Å²) >= 11 is 4.67. The van der Waals surface area contributed by atoms with Gasteiger partial charge in [-0.1, -0.05) is 42.5 Å². The largest absolute Gasteiger partial charge is 0.384 e. The number of fused-ring (bicyclic) bond motifs is 1. The highest BCUT2D eigenvalue weighted by Crippen LogP contribution is 2.25. The van der Waals surface area contributed by atoms with Crippen molar-refractivity contribution in [2.45, 2.75) is 24.3 Å². The highest BCUT2D eigenvalue weighted by Gasteiger charge is 2.20. The van der Waals surface area contributed by atoms with Gasteiger partial charge in [0, 0.05) is 41.7 Å². The number of anilines is 1. The molecule has 5 N–H and O–H groups in total. The summed E-state index contributed by atoms with van der Waals surface area (Å²) in [5.41, 5.74) is 17.3. The standard InChI is InChI=1S/C31H31N7OS/c32-15-17-37(25-5-3-16-35-19-25)31(39)23-12-13-27-26(18-23)36-29(38(27)20-24-4-1-2-6-28(24)40)14-9-21-7-10-22(11-8-21)30(33)34/h1-8,10-13,16,18-19,40H,9,14-15,17,20,32H2,(H3,33,34). The van der Waals surface area contributed by atoms with Crippen LogP contribution in [0.3, 0.4) is 0 Å². The van der Waals surface area contributed by atoms with Gasteiger partial charge in [0.05, 0.1) is 29.5 Å². The Balaban J connectivity index is 1.49. The number of aryl methyl sites for hydroxylation is 2. The third-order valence-corrected chi connectivity index (χ3v) is 7.29. The SMILES string of the molecule is N=C(N)c1ccc(CCc2nc3cc(C(=O)N(CCN)c4cccnc4)ccc3n2Cc2ccccc2S)cc1. The topological polar surface area (TPSA) is 127 Å². The summed E-state index contributed by atoms with van der Waals surface area (Å²) < 4.78 is 2.20. The Labute approximate surface area is 238 Å². The van der Waals surface area contributed by atoms with Gasteiger partial charge in [-0.15, -0.1) is 12.6 Å². The molecule has 3 aromatic carbocycles. The van der Waals surface area contributed by atoms with Crippen LogP contribution in [0.4, 0.5) is 5.69 Å². The number of carbonyl (C=O) groups is 1. The molecule has 40 heavy (non-hydrogen) atoms. The van der Waals surface area contributed by atoms with E-state index < -0.39 is 0 Å². The number of hydrogen-bond acceptors (Lipinski definition) is 6. The van der Waals surface area contributed by atoms with E-state index in [2.05, 4.69) is 28.2 Å². The lowest BCUT2D eigenvalue weighted by Gasteiger charge is -2.21. The number of hydrogen-bond donors (Lipinski definition) is 4. The number of nitrogens with two attached hydrogens (primary N) is 2. The second-order valence-electron chi connectivity index (χ2n) is 9.51. The maximum absolute atomic E-state index is 13.6. The van der Waals surface area contributed by atoms with Gasteiger partial charge in [0.2, 0.25) is 0 Å². The van der Waals surface area contributed by atoms with Gasteiger partial charge in [-0.3, -0.25) is 15.2 Å². The monoisotopic (exact) mass is 549 g/mol. The van der Waals surface area contributed by atoms with Crippen LogP contribution >= 0.6 is 12.6 Å². The molecule has 202 valence electrons. The van der Waals surface area contributed by atoms with Gasteiger partial charge in [0.1, 0.15) is 11.7 Å². The molecule has 0 saturated carbocycles. The molecule has 0 aliphatic carbocycles. The second-order valence-corrected chi connectivity index (χ2v) is 10.00. The zero-order valence-corrected chi connectivity index (χ0v) is 22.9. The zero-order chi connectivity index (χ0) is 28.1. The van der Waals surface area contributed by atoms with Crippen LogP contribution in [0.15, 0.2) is 96.2 Å². The predicted molar refractivity (Wildman–Crippen MR) is 162 cm³/mol. The minimum atomic E-state index is -0.150. The summed E-state index contributed by atoms with van der Waals surface area (Å²) in [5, 5.41) is 7.62. The molecule has 0 atom stereocenters. The Kier molecular flexibility index (Phi) is 8.23. The fraction of sp³-hybridized carbons (Fsp3) is 0.161. The third kappa shape index (κ3) is 5.90. The van der Waals surface area contributed by atoms with Gasteiger partial charge in [-0.05, 0) is 53.9 Å². The van der Waals surface area contributed by atoms with E-state index in [-0.39, 0.29) is 11.7 Å². The van der Waals surface area contributed by atoms with Crippen molar-refractivity contribution in [1.29, 1.82) is 5.41 Å². The number of nitrogen functional groups attached to an aromatic ring is 1. The van der Waals surface area contributed by atoms with Gasteiger partial charge in [-0.2, -0.15) is 0 Å². The van der Waals surface area contributed by atoms with Crippen LogP contribution in [0.1, 0.15) is 32.9 Å². The minimum Gasteiger partial charge on any atom is -0.384 e. The highest BCUT2D eigenvalue weighted by molar-refractivity contribution is 7.80. The molecule has 0 saturated heterocycles. The summed E-state index contributed by atoms with van der Waals surface area (Å²) in [6.07, 6.45) is 4.80. The van der Waals surface area contributed by atoms with Crippen molar-refractivity contribution >= 4 is 41.1 Å². The first-order chi connectivity index (χ1) is 19.4. The van der Waals surface area contributed by atoms with E-state index in [9.17, 15) is 4.79 Å². The van der Waals surface area contributed by atoms with Crippen LogP contribution in [0.2, 0.25) is 0 Å². The Bertz CT molecular complexity index is 1650. The molecule has 5 aromatic rings. The molecule has 9 heteroatoms. The summed E-state index contributed by atoms with van der Waals surface area (Å²) in [7, 11) is 0. The van der Waals surface area contributed by atoms with E-state index in [0.717, 1.165) is 39.3 Å². The summed E-state index contributed by atoms with van der Waals surface area (Å²) in [6.45, 7) is 1.32. The summed E-state index contributed by atoms with van der Waals surface area (Å²) in [5.74, 6) is 0.818. The zero-order valence-electron chi connectivity index (χ0n) is 22.0. The van der Waals surface area contributed by atoms with Crippen molar-refractivity contribution in [2.75, 3.05) is 18.0 Å². The number of nitrogens with zero attached hydrogens (tertiary/aromatic N) is 4. The lowest BCUT2D eigenvalue weighted by atomic mass is 10.1. The van der Waals surface area contributed by atoms with E-state index in [1.54, 1.807) is 23.4 Å².